The van der Waals surface area contributed by atoms with E-state index in [9.17, 15) is 9.59 Å². The van der Waals surface area contributed by atoms with Crippen LogP contribution in [0.5, 0.6) is 0 Å². The first-order valence-corrected chi connectivity index (χ1v) is 17.8. The van der Waals surface area contributed by atoms with E-state index in [1.165, 1.54) is 11.0 Å². The van der Waals surface area contributed by atoms with Gasteiger partial charge in [0.15, 0.2) is 11.2 Å². The number of fused-ring (bicyclic) bond motifs is 1. The van der Waals surface area contributed by atoms with Gasteiger partial charge in [-0.25, -0.2) is 9.78 Å². The van der Waals surface area contributed by atoms with Crippen LogP contribution in [0.1, 0.15) is 73.5 Å². The van der Waals surface area contributed by atoms with Crippen LogP contribution >= 0.6 is 0 Å². The van der Waals surface area contributed by atoms with E-state index in [1.807, 2.05) is 73.7 Å². The number of imidazole rings is 1. The van der Waals surface area contributed by atoms with E-state index in [-0.39, 0.29) is 17.2 Å². The number of tetrazole rings is 1. The Hall–Kier alpha value is -5.90. The normalized spacial score (nSPS) is 14.2. The largest absolute Gasteiger partial charge is 0.333 e. The molecule has 1 fully saturated rings. The summed E-state index contributed by atoms with van der Waals surface area (Å²) in [6.45, 7) is 2.80. The third-order valence-electron chi connectivity index (χ3n) is 10.3. The van der Waals surface area contributed by atoms with Crippen molar-refractivity contribution in [2.24, 2.45) is 0 Å². The number of rotatable bonds is 10. The first-order chi connectivity index (χ1) is 25.1. The molecule has 3 heterocycles. The van der Waals surface area contributed by atoms with Crippen LogP contribution in [0, 0.1) is 0 Å². The Morgan fingerprint density at radius 3 is 2.16 bits per heavy atom. The summed E-state index contributed by atoms with van der Waals surface area (Å²) in [6.07, 6.45) is 6.12. The Kier molecular flexibility index (Phi) is 8.96. The molecule has 0 radical (unpaired) electrons. The maximum absolute atomic E-state index is 14.8. The highest BCUT2D eigenvalue weighted by Gasteiger charge is 2.28. The Morgan fingerprint density at radius 2 is 1.45 bits per heavy atom. The van der Waals surface area contributed by atoms with Crippen molar-refractivity contribution < 1.29 is 0 Å². The summed E-state index contributed by atoms with van der Waals surface area (Å²) in [7, 11) is 0. The summed E-state index contributed by atoms with van der Waals surface area (Å²) < 4.78 is 5.29. The molecule has 3 aromatic heterocycles. The number of aromatic nitrogens is 8. The van der Waals surface area contributed by atoms with Crippen LogP contribution in [0.4, 0.5) is 0 Å². The first kappa shape index (κ1) is 32.3. The maximum Gasteiger partial charge on any atom is 0.333 e. The second kappa shape index (κ2) is 14.1. The predicted octanol–water partition coefficient (Wildman–Crippen LogP) is 7.15. The van der Waals surface area contributed by atoms with Gasteiger partial charge in [0.05, 0.1) is 6.04 Å². The van der Waals surface area contributed by atoms with Crippen molar-refractivity contribution in [3.63, 3.8) is 0 Å². The second-order valence-electron chi connectivity index (χ2n) is 13.5. The molecule has 256 valence electrons. The minimum absolute atomic E-state index is 0.212. The molecular weight excluding hydrogens is 637 g/mol. The van der Waals surface area contributed by atoms with Gasteiger partial charge in [-0.15, -0.1) is 10.2 Å². The highest BCUT2D eigenvalue weighted by Crippen LogP contribution is 2.35. The second-order valence-corrected chi connectivity index (χ2v) is 13.5. The lowest BCUT2D eigenvalue weighted by Gasteiger charge is -2.22. The number of nitrogens with zero attached hydrogens (tertiary/aromatic N) is 7. The molecule has 1 saturated carbocycles. The Morgan fingerprint density at radius 1 is 0.765 bits per heavy atom. The number of H-pyrrole nitrogens is 1. The van der Waals surface area contributed by atoms with Crippen molar-refractivity contribution in [3.05, 3.63) is 153 Å². The predicted molar refractivity (Wildman–Crippen MR) is 199 cm³/mol. The summed E-state index contributed by atoms with van der Waals surface area (Å²) in [5.74, 6) is 1.65. The molecule has 1 N–H and O–H groups in total. The summed E-state index contributed by atoms with van der Waals surface area (Å²) in [4.78, 5) is 34.4. The summed E-state index contributed by atoms with van der Waals surface area (Å²) >= 11 is 0. The van der Waals surface area contributed by atoms with E-state index >= 15 is 0 Å². The highest BCUT2D eigenvalue weighted by molar-refractivity contribution is 5.80. The molecule has 10 nitrogen and oxygen atoms in total. The van der Waals surface area contributed by atoms with Gasteiger partial charge in [-0.05, 0) is 59.2 Å². The lowest BCUT2D eigenvalue weighted by molar-refractivity contribution is 0.419. The van der Waals surface area contributed by atoms with Crippen LogP contribution in [0.15, 0.2) is 119 Å². The van der Waals surface area contributed by atoms with Crippen LogP contribution in [-0.4, -0.2) is 39.3 Å². The molecule has 1 aliphatic rings. The van der Waals surface area contributed by atoms with Crippen molar-refractivity contribution in [3.8, 4) is 22.5 Å². The van der Waals surface area contributed by atoms with Crippen LogP contribution in [-0.2, 0) is 19.5 Å². The molecular formula is C41H40N8O2. The fourth-order valence-electron chi connectivity index (χ4n) is 7.60. The van der Waals surface area contributed by atoms with Gasteiger partial charge in [0.1, 0.15) is 5.82 Å². The van der Waals surface area contributed by atoms with Crippen molar-refractivity contribution in [1.82, 2.24) is 39.3 Å². The lowest BCUT2D eigenvalue weighted by Crippen LogP contribution is -2.42. The quantitative estimate of drug-likeness (QED) is 0.164. The third kappa shape index (κ3) is 6.33. The average molecular weight is 677 g/mol. The molecule has 1 aliphatic carbocycles. The monoisotopic (exact) mass is 676 g/mol. The van der Waals surface area contributed by atoms with E-state index in [2.05, 4.69) is 67.7 Å². The van der Waals surface area contributed by atoms with E-state index in [0.717, 1.165) is 64.9 Å². The van der Waals surface area contributed by atoms with Crippen LogP contribution in [0.25, 0.3) is 33.7 Å². The standard InChI is InChI=1S/C41H40N8O2/c1-28(31-15-7-3-8-16-31)49-40(50)36-39(47(41(49)51)26-25-29-13-5-2-6-14-29)42-38(33-17-9-4-10-18-33)48(36)27-30-21-23-32(24-22-30)34-19-11-12-20-35(34)37-43-45-46-44-37/h2-3,5-8,11-16,19-24,28,33H,4,9-10,17-18,25-27H2,1H3,(H,43,44,45,46). The number of hydrogen-bond acceptors (Lipinski definition) is 6. The number of aryl methyl sites for hydroxylation is 2. The first-order valence-electron chi connectivity index (χ1n) is 17.8. The van der Waals surface area contributed by atoms with E-state index in [0.29, 0.717) is 36.5 Å². The van der Waals surface area contributed by atoms with Gasteiger partial charge < -0.3 is 4.57 Å². The van der Waals surface area contributed by atoms with Crippen LogP contribution in [0.2, 0.25) is 0 Å². The highest BCUT2D eigenvalue weighted by atomic mass is 16.2. The molecule has 51 heavy (non-hydrogen) atoms. The van der Waals surface area contributed by atoms with Crippen molar-refractivity contribution >= 4 is 11.2 Å². The van der Waals surface area contributed by atoms with Crippen molar-refractivity contribution in [2.75, 3.05) is 0 Å². The molecule has 0 spiro atoms. The molecule has 0 saturated heterocycles. The number of benzene rings is 4. The van der Waals surface area contributed by atoms with E-state index < -0.39 is 6.04 Å². The third-order valence-corrected chi connectivity index (χ3v) is 10.3. The number of hydrogen-bond donors (Lipinski definition) is 1. The van der Waals surface area contributed by atoms with Gasteiger partial charge >= 0.3 is 5.69 Å². The molecule has 0 bridgehead atoms. The Labute approximate surface area is 295 Å². The molecule has 0 amide bonds. The van der Waals surface area contributed by atoms with E-state index in [1.54, 1.807) is 4.57 Å². The molecule has 7 aromatic rings. The van der Waals surface area contributed by atoms with Crippen molar-refractivity contribution in [2.45, 2.75) is 70.5 Å². The number of nitrogens with one attached hydrogen (secondary N) is 1. The fourth-order valence-corrected chi connectivity index (χ4v) is 7.60. The number of aromatic amines is 1. The molecule has 1 unspecified atom stereocenters. The minimum atomic E-state index is -0.460. The van der Waals surface area contributed by atoms with Gasteiger partial charge in [0.2, 0.25) is 5.82 Å². The summed E-state index contributed by atoms with van der Waals surface area (Å²) in [5, 5.41) is 14.7. The lowest BCUT2D eigenvalue weighted by atomic mass is 9.88. The molecule has 4 aromatic carbocycles. The Bertz CT molecular complexity index is 2370. The van der Waals surface area contributed by atoms with Crippen molar-refractivity contribution in [1.29, 1.82) is 0 Å². The van der Waals surface area contributed by atoms with Gasteiger partial charge in [-0.1, -0.05) is 128 Å². The fraction of sp³-hybridized carbons (Fsp3) is 0.268. The molecule has 10 heteroatoms. The van der Waals surface area contributed by atoms with E-state index in [4.69, 9.17) is 4.98 Å². The molecule has 0 aliphatic heterocycles. The summed E-state index contributed by atoms with van der Waals surface area (Å²) in [5.41, 5.74) is 6.31. The smallest absolute Gasteiger partial charge is 0.317 e. The minimum Gasteiger partial charge on any atom is -0.317 e. The Balaban J connectivity index is 1.27. The molecule has 8 rings (SSSR count). The van der Waals surface area contributed by atoms with Gasteiger partial charge in [0.25, 0.3) is 5.56 Å². The van der Waals surface area contributed by atoms with Gasteiger partial charge in [-0.3, -0.25) is 13.9 Å². The maximum atomic E-state index is 14.8. The zero-order chi connectivity index (χ0) is 34.7. The van der Waals surface area contributed by atoms with Crippen LogP contribution in [0.3, 0.4) is 0 Å². The SMILES string of the molecule is CC(c1ccccc1)n1c(=O)c2c(nc(C3CCCCC3)n2Cc2ccc(-c3ccccc3-c3nn[nH]n3)cc2)n(CCc2ccccc2)c1=O. The zero-order valence-electron chi connectivity index (χ0n) is 28.7. The zero-order valence-corrected chi connectivity index (χ0v) is 28.7. The van der Waals surface area contributed by atoms with Gasteiger partial charge in [-0.2, -0.15) is 5.21 Å². The molecule has 1 atom stereocenters. The topological polar surface area (TPSA) is 116 Å². The van der Waals surface area contributed by atoms with Crippen LogP contribution < -0.4 is 11.2 Å². The average Bonchev–Trinajstić information content (AvgIpc) is 3.86. The van der Waals surface area contributed by atoms with Gasteiger partial charge in [0, 0.05) is 24.6 Å². The summed E-state index contributed by atoms with van der Waals surface area (Å²) in [6, 6.07) is 35.9.